The molecule has 0 saturated heterocycles. The van der Waals surface area contributed by atoms with Gasteiger partial charge in [0, 0.05) is 6.07 Å². The van der Waals surface area contributed by atoms with Crippen molar-refractivity contribution in [3.8, 4) is 5.82 Å². The van der Waals surface area contributed by atoms with Crippen molar-refractivity contribution in [1.82, 2.24) is 25.2 Å². The Hall–Kier alpha value is -2.38. The van der Waals surface area contributed by atoms with E-state index in [2.05, 4.69) is 20.5 Å². The van der Waals surface area contributed by atoms with Gasteiger partial charge < -0.3 is 0 Å². The molecule has 0 saturated carbocycles. The predicted octanol–water partition coefficient (Wildman–Crippen LogP) is 0.274. The second kappa shape index (κ2) is 3.40. The van der Waals surface area contributed by atoms with Gasteiger partial charge in [-0.1, -0.05) is 0 Å². The fourth-order valence-electron chi connectivity index (χ4n) is 1.05. The maximum atomic E-state index is 10.4. The van der Waals surface area contributed by atoms with Crippen molar-refractivity contribution in [1.29, 1.82) is 0 Å². The monoisotopic (exact) mass is 206 g/mol. The van der Waals surface area contributed by atoms with Crippen LogP contribution in [0.4, 0.5) is 5.69 Å². The molecule has 0 bridgehead atoms. The highest BCUT2D eigenvalue weighted by molar-refractivity contribution is 5.32. The van der Waals surface area contributed by atoms with Gasteiger partial charge in [0.25, 0.3) is 5.69 Å². The number of nitro groups is 1. The van der Waals surface area contributed by atoms with Gasteiger partial charge in [-0.3, -0.25) is 10.1 Å². The van der Waals surface area contributed by atoms with E-state index in [4.69, 9.17) is 0 Å². The second-order valence-corrected chi connectivity index (χ2v) is 2.77. The van der Waals surface area contributed by atoms with Gasteiger partial charge in [-0.15, -0.1) is 5.10 Å². The normalized spacial score (nSPS) is 10.2. The fourth-order valence-corrected chi connectivity index (χ4v) is 1.05. The maximum absolute atomic E-state index is 10.4. The summed E-state index contributed by atoms with van der Waals surface area (Å²) in [7, 11) is 0. The van der Waals surface area contributed by atoms with Crippen molar-refractivity contribution in [2.45, 2.75) is 6.92 Å². The van der Waals surface area contributed by atoms with Crippen LogP contribution in [0.2, 0.25) is 0 Å². The van der Waals surface area contributed by atoms with Gasteiger partial charge in [0.1, 0.15) is 6.20 Å². The van der Waals surface area contributed by atoms with E-state index in [9.17, 15) is 10.1 Å². The zero-order valence-electron chi connectivity index (χ0n) is 7.73. The van der Waals surface area contributed by atoms with Crippen LogP contribution in [0.3, 0.4) is 0 Å². The van der Waals surface area contributed by atoms with E-state index in [1.165, 1.54) is 16.8 Å². The van der Waals surface area contributed by atoms with Gasteiger partial charge in [0.15, 0.2) is 11.6 Å². The van der Waals surface area contributed by atoms with Crippen molar-refractivity contribution in [2.75, 3.05) is 0 Å². The molecule has 76 valence electrons. The van der Waals surface area contributed by atoms with Crippen LogP contribution >= 0.6 is 0 Å². The number of hydrogen-bond acceptors (Lipinski definition) is 6. The zero-order valence-corrected chi connectivity index (χ0v) is 7.73. The standard InChI is InChI=1S/C7H6N6O2/c1-5-9-10-11-12(5)7-3-2-6(4-8-7)13(14)15/h2-4H,1H3. The first-order valence-electron chi connectivity index (χ1n) is 4.04. The molecule has 0 aromatic carbocycles. The lowest BCUT2D eigenvalue weighted by molar-refractivity contribution is -0.385. The zero-order chi connectivity index (χ0) is 10.8. The smallest absolute Gasteiger partial charge is 0.258 e. The third-order valence-corrected chi connectivity index (χ3v) is 1.79. The van der Waals surface area contributed by atoms with Gasteiger partial charge in [-0.25, -0.2) is 4.98 Å². The largest absolute Gasteiger partial charge is 0.287 e. The van der Waals surface area contributed by atoms with Crippen LogP contribution < -0.4 is 0 Å². The molecule has 0 spiro atoms. The highest BCUT2D eigenvalue weighted by Gasteiger charge is 2.08. The molecule has 0 N–H and O–H groups in total. The van der Waals surface area contributed by atoms with Crippen LogP contribution in [-0.4, -0.2) is 30.1 Å². The fraction of sp³-hybridized carbons (Fsp3) is 0.143. The SMILES string of the molecule is Cc1nnnn1-c1ccc([N+](=O)[O-])cn1. The van der Waals surface area contributed by atoms with Crippen LogP contribution in [0.15, 0.2) is 18.3 Å². The predicted molar refractivity (Wildman–Crippen MR) is 48.3 cm³/mol. The molecule has 2 aromatic rings. The quantitative estimate of drug-likeness (QED) is 0.516. The second-order valence-electron chi connectivity index (χ2n) is 2.77. The van der Waals surface area contributed by atoms with E-state index in [1.54, 1.807) is 6.92 Å². The summed E-state index contributed by atoms with van der Waals surface area (Å²) in [5, 5.41) is 21.2. The number of nitrogens with zero attached hydrogens (tertiary/aromatic N) is 6. The Morgan fingerprint density at radius 2 is 2.27 bits per heavy atom. The first kappa shape index (κ1) is 9.19. The Morgan fingerprint density at radius 1 is 1.47 bits per heavy atom. The molecule has 2 aromatic heterocycles. The number of hydrogen-bond donors (Lipinski definition) is 0. The summed E-state index contributed by atoms with van der Waals surface area (Å²) < 4.78 is 1.39. The van der Waals surface area contributed by atoms with Gasteiger partial charge in [-0.05, 0) is 23.4 Å². The minimum atomic E-state index is -0.511. The molecule has 8 nitrogen and oxygen atoms in total. The molecular formula is C7H6N6O2. The minimum absolute atomic E-state index is 0.0653. The Morgan fingerprint density at radius 3 is 2.73 bits per heavy atom. The van der Waals surface area contributed by atoms with E-state index in [0.717, 1.165) is 6.20 Å². The topological polar surface area (TPSA) is 99.6 Å². The first-order chi connectivity index (χ1) is 7.18. The van der Waals surface area contributed by atoms with Gasteiger partial charge >= 0.3 is 0 Å². The summed E-state index contributed by atoms with van der Waals surface area (Å²) in [6.07, 6.45) is 1.16. The Balaban J connectivity index is 2.40. The molecule has 0 aliphatic rings. The molecule has 0 amide bonds. The molecule has 0 fully saturated rings. The molecule has 0 radical (unpaired) electrons. The lowest BCUT2D eigenvalue weighted by atomic mass is 10.4. The molecule has 8 heteroatoms. The molecule has 15 heavy (non-hydrogen) atoms. The van der Waals surface area contributed by atoms with Crippen molar-refractivity contribution in [2.24, 2.45) is 0 Å². The van der Waals surface area contributed by atoms with Gasteiger partial charge in [-0.2, -0.15) is 4.68 Å². The van der Waals surface area contributed by atoms with Crippen LogP contribution in [0.25, 0.3) is 5.82 Å². The summed E-state index contributed by atoms with van der Waals surface area (Å²) >= 11 is 0. The summed E-state index contributed by atoms with van der Waals surface area (Å²) in [4.78, 5) is 13.8. The van der Waals surface area contributed by atoms with E-state index in [-0.39, 0.29) is 5.69 Å². The average Bonchev–Trinajstić information content (AvgIpc) is 2.65. The number of aryl methyl sites for hydroxylation is 1. The Kier molecular flexibility index (Phi) is 2.08. The molecular weight excluding hydrogens is 200 g/mol. The van der Waals surface area contributed by atoms with E-state index < -0.39 is 4.92 Å². The Bertz CT molecular complexity index is 490. The van der Waals surface area contributed by atoms with Crippen LogP contribution in [0.5, 0.6) is 0 Å². The third kappa shape index (κ3) is 1.64. The van der Waals surface area contributed by atoms with Crippen molar-refractivity contribution in [3.63, 3.8) is 0 Å². The molecule has 2 heterocycles. The number of aromatic nitrogens is 5. The van der Waals surface area contributed by atoms with E-state index in [0.29, 0.717) is 11.6 Å². The van der Waals surface area contributed by atoms with Crippen LogP contribution in [0.1, 0.15) is 5.82 Å². The van der Waals surface area contributed by atoms with Crippen molar-refractivity contribution in [3.05, 3.63) is 34.3 Å². The number of rotatable bonds is 2. The number of pyridine rings is 1. The number of tetrazole rings is 1. The lowest BCUT2D eigenvalue weighted by Crippen LogP contribution is -2.02. The molecule has 0 atom stereocenters. The van der Waals surface area contributed by atoms with Crippen molar-refractivity contribution >= 4 is 5.69 Å². The maximum Gasteiger partial charge on any atom is 0.287 e. The third-order valence-electron chi connectivity index (χ3n) is 1.79. The average molecular weight is 206 g/mol. The Labute approximate surface area is 83.7 Å². The minimum Gasteiger partial charge on any atom is -0.258 e. The molecule has 0 aliphatic heterocycles. The summed E-state index contributed by atoms with van der Waals surface area (Å²) in [5.74, 6) is 1.01. The van der Waals surface area contributed by atoms with E-state index >= 15 is 0 Å². The van der Waals surface area contributed by atoms with Crippen molar-refractivity contribution < 1.29 is 4.92 Å². The van der Waals surface area contributed by atoms with Crippen LogP contribution in [-0.2, 0) is 0 Å². The molecule has 0 unspecified atom stereocenters. The highest BCUT2D eigenvalue weighted by atomic mass is 16.6. The van der Waals surface area contributed by atoms with E-state index in [1.807, 2.05) is 0 Å². The molecule has 0 aliphatic carbocycles. The van der Waals surface area contributed by atoms with Gasteiger partial charge in [0.2, 0.25) is 0 Å². The summed E-state index contributed by atoms with van der Waals surface area (Å²) in [5.41, 5.74) is -0.0653. The first-order valence-corrected chi connectivity index (χ1v) is 4.04. The molecule has 2 rings (SSSR count). The van der Waals surface area contributed by atoms with Gasteiger partial charge in [0.05, 0.1) is 4.92 Å². The summed E-state index contributed by atoms with van der Waals surface area (Å²) in [6.45, 7) is 1.71. The highest BCUT2D eigenvalue weighted by Crippen LogP contribution is 2.11. The lowest BCUT2D eigenvalue weighted by Gasteiger charge is -1.98. The van der Waals surface area contributed by atoms with Crippen LogP contribution in [0, 0.1) is 17.0 Å². The summed E-state index contributed by atoms with van der Waals surface area (Å²) in [6, 6.07) is 2.84.